The van der Waals surface area contributed by atoms with Gasteiger partial charge in [0.2, 0.25) is 11.8 Å². The summed E-state index contributed by atoms with van der Waals surface area (Å²) in [4.78, 5) is 52.6. The van der Waals surface area contributed by atoms with E-state index in [2.05, 4.69) is 10.6 Å². The summed E-state index contributed by atoms with van der Waals surface area (Å²) < 4.78 is 10.2. The van der Waals surface area contributed by atoms with Crippen LogP contribution in [0, 0.1) is 6.92 Å². The number of rotatable bonds is 14. The van der Waals surface area contributed by atoms with Gasteiger partial charge in [0, 0.05) is 13.1 Å². The van der Waals surface area contributed by atoms with Gasteiger partial charge < -0.3 is 30.1 Å². The van der Waals surface area contributed by atoms with Crippen LogP contribution >= 0.6 is 0 Å². The number of hydrogen-bond acceptors (Lipinski definition) is 7. The van der Waals surface area contributed by atoms with Gasteiger partial charge in [-0.2, -0.15) is 0 Å². The molecule has 0 radical (unpaired) electrons. The second-order valence-electron chi connectivity index (χ2n) is 9.78. The number of benzene rings is 1. The van der Waals surface area contributed by atoms with Crippen LogP contribution < -0.4 is 10.6 Å². The second-order valence-corrected chi connectivity index (χ2v) is 9.78. The smallest absolute Gasteiger partial charge is 0.408 e. The number of aliphatic hydroxyl groups is 1. The van der Waals surface area contributed by atoms with Crippen molar-refractivity contribution in [2.24, 2.45) is 0 Å². The minimum atomic E-state index is -1.31. The fraction of sp³-hybridized carbons (Fsp3) is 0.630. The van der Waals surface area contributed by atoms with Gasteiger partial charge in [0.25, 0.3) is 0 Å². The molecular formula is C27H43N3O7. The van der Waals surface area contributed by atoms with Crippen LogP contribution in [0.25, 0.3) is 0 Å². The first-order chi connectivity index (χ1) is 17.4. The summed E-state index contributed by atoms with van der Waals surface area (Å²) in [5.74, 6) is -1.53. The summed E-state index contributed by atoms with van der Waals surface area (Å²) in [6.07, 6.45) is 1.47. The summed E-state index contributed by atoms with van der Waals surface area (Å²) in [7, 11) is 0. The number of carbonyl (C=O) groups is 4. The van der Waals surface area contributed by atoms with E-state index in [0.29, 0.717) is 12.0 Å². The van der Waals surface area contributed by atoms with E-state index in [9.17, 15) is 24.3 Å². The molecule has 0 saturated carbocycles. The molecule has 1 aromatic carbocycles. The zero-order chi connectivity index (χ0) is 28.0. The zero-order valence-corrected chi connectivity index (χ0v) is 23.0. The van der Waals surface area contributed by atoms with E-state index in [1.54, 1.807) is 39.8 Å². The Balaban J connectivity index is 3.29. The van der Waals surface area contributed by atoms with Crippen molar-refractivity contribution in [2.45, 2.75) is 84.9 Å². The summed E-state index contributed by atoms with van der Waals surface area (Å²) in [6, 6.07) is 4.86. The highest BCUT2D eigenvalue weighted by Gasteiger charge is 2.35. The standard InChI is InChI=1S/C27H43N3O7/c1-7-9-10-17-30(25(34)21(18-31)29-26(35)37-27(4,5)6)23(20-13-11-19(3)12-14-20)24(33)28-16-15-22(32)36-8-2/h11-14,21,23,31H,7-10,15-18H2,1-6H3,(H,28,33)(H,29,35). The van der Waals surface area contributed by atoms with Crippen LogP contribution in [0.2, 0.25) is 0 Å². The number of aliphatic hydroxyl groups excluding tert-OH is 1. The molecule has 0 spiro atoms. The van der Waals surface area contributed by atoms with Crippen LogP contribution in [0.3, 0.4) is 0 Å². The van der Waals surface area contributed by atoms with Crippen molar-refractivity contribution in [3.63, 3.8) is 0 Å². The minimum Gasteiger partial charge on any atom is -0.466 e. The normalized spacial score (nSPS) is 12.7. The lowest BCUT2D eigenvalue weighted by atomic mass is 10.0. The molecular weight excluding hydrogens is 478 g/mol. The van der Waals surface area contributed by atoms with Crippen LogP contribution in [-0.4, -0.2) is 71.8 Å². The number of carbonyl (C=O) groups excluding carboxylic acids is 4. The number of esters is 1. The van der Waals surface area contributed by atoms with E-state index in [0.717, 1.165) is 18.4 Å². The van der Waals surface area contributed by atoms with Crippen molar-refractivity contribution in [2.75, 3.05) is 26.3 Å². The van der Waals surface area contributed by atoms with Crippen molar-refractivity contribution in [1.29, 1.82) is 0 Å². The monoisotopic (exact) mass is 521 g/mol. The molecule has 0 aliphatic heterocycles. The number of nitrogens with one attached hydrogen (secondary N) is 2. The van der Waals surface area contributed by atoms with E-state index in [1.165, 1.54) is 4.90 Å². The lowest BCUT2D eigenvalue weighted by Gasteiger charge is -2.34. The molecule has 0 fully saturated rings. The molecule has 0 aliphatic rings. The third kappa shape index (κ3) is 11.6. The van der Waals surface area contributed by atoms with Crippen molar-refractivity contribution in [1.82, 2.24) is 15.5 Å². The molecule has 208 valence electrons. The van der Waals surface area contributed by atoms with Crippen LogP contribution in [0.15, 0.2) is 24.3 Å². The Morgan fingerprint density at radius 1 is 1.05 bits per heavy atom. The SMILES string of the molecule is CCCCCN(C(=O)C(CO)NC(=O)OC(C)(C)C)C(C(=O)NCCC(=O)OCC)c1ccc(C)cc1. The molecule has 2 unspecified atom stereocenters. The molecule has 0 aliphatic carbocycles. The molecule has 0 bridgehead atoms. The van der Waals surface area contributed by atoms with E-state index in [-0.39, 0.29) is 26.1 Å². The summed E-state index contributed by atoms with van der Waals surface area (Å²) in [5, 5.41) is 15.1. The van der Waals surface area contributed by atoms with Crippen LogP contribution in [0.5, 0.6) is 0 Å². The number of unbranched alkanes of at least 4 members (excludes halogenated alkanes) is 2. The minimum absolute atomic E-state index is 0.0105. The van der Waals surface area contributed by atoms with Gasteiger partial charge >= 0.3 is 12.1 Å². The van der Waals surface area contributed by atoms with Crippen LogP contribution in [-0.2, 0) is 23.9 Å². The van der Waals surface area contributed by atoms with Crippen LogP contribution in [0.1, 0.15) is 77.5 Å². The molecule has 3 amide bonds. The maximum absolute atomic E-state index is 13.7. The topological polar surface area (TPSA) is 134 Å². The zero-order valence-electron chi connectivity index (χ0n) is 23.0. The van der Waals surface area contributed by atoms with Gasteiger partial charge in [0.1, 0.15) is 17.7 Å². The fourth-order valence-electron chi connectivity index (χ4n) is 3.57. The summed E-state index contributed by atoms with van der Waals surface area (Å²) in [6.45, 7) is 10.5. The Kier molecular flexibility index (Phi) is 13.7. The van der Waals surface area contributed by atoms with Gasteiger partial charge in [-0.05, 0) is 46.6 Å². The molecule has 1 aromatic rings. The highest BCUT2D eigenvalue weighted by Crippen LogP contribution is 2.24. The molecule has 3 N–H and O–H groups in total. The van der Waals surface area contributed by atoms with Gasteiger partial charge in [0.15, 0.2) is 0 Å². The number of aryl methyl sites for hydroxylation is 1. The first-order valence-corrected chi connectivity index (χ1v) is 12.8. The molecule has 1 rings (SSSR count). The largest absolute Gasteiger partial charge is 0.466 e. The molecule has 0 heterocycles. The van der Waals surface area contributed by atoms with Gasteiger partial charge in [0.05, 0.1) is 19.6 Å². The quantitative estimate of drug-likeness (QED) is 0.253. The first-order valence-electron chi connectivity index (χ1n) is 12.8. The van der Waals surface area contributed by atoms with Crippen LogP contribution in [0.4, 0.5) is 4.79 Å². The maximum atomic E-state index is 13.7. The average molecular weight is 522 g/mol. The fourth-order valence-corrected chi connectivity index (χ4v) is 3.57. The molecule has 0 aromatic heterocycles. The van der Waals surface area contributed by atoms with E-state index >= 15 is 0 Å². The van der Waals surface area contributed by atoms with Crippen molar-refractivity contribution < 1.29 is 33.8 Å². The summed E-state index contributed by atoms with van der Waals surface area (Å²) in [5.41, 5.74) is 0.754. The summed E-state index contributed by atoms with van der Waals surface area (Å²) >= 11 is 0. The van der Waals surface area contributed by atoms with Crippen molar-refractivity contribution >= 4 is 23.9 Å². The Bertz CT molecular complexity index is 881. The lowest BCUT2D eigenvalue weighted by molar-refractivity contribution is -0.144. The highest BCUT2D eigenvalue weighted by molar-refractivity contribution is 5.92. The molecule has 10 nitrogen and oxygen atoms in total. The third-order valence-corrected chi connectivity index (χ3v) is 5.34. The van der Waals surface area contributed by atoms with Gasteiger partial charge in [-0.25, -0.2) is 4.79 Å². The Morgan fingerprint density at radius 2 is 1.70 bits per heavy atom. The number of amides is 3. The predicted octanol–water partition coefficient (Wildman–Crippen LogP) is 3.01. The number of nitrogens with zero attached hydrogens (tertiary/aromatic N) is 1. The second kappa shape index (κ2) is 15.9. The molecule has 10 heteroatoms. The maximum Gasteiger partial charge on any atom is 0.408 e. The van der Waals surface area contributed by atoms with E-state index in [1.807, 2.05) is 26.0 Å². The molecule has 2 atom stereocenters. The van der Waals surface area contributed by atoms with Gasteiger partial charge in [-0.15, -0.1) is 0 Å². The Morgan fingerprint density at radius 3 is 2.24 bits per heavy atom. The lowest BCUT2D eigenvalue weighted by Crippen LogP contribution is -2.54. The average Bonchev–Trinajstić information content (AvgIpc) is 2.81. The Labute approximate surface area is 220 Å². The van der Waals surface area contributed by atoms with E-state index < -0.39 is 48.2 Å². The van der Waals surface area contributed by atoms with Gasteiger partial charge in [-0.3, -0.25) is 14.4 Å². The highest BCUT2D eigenvalue weighted by atomic mass is 16.6. The number of alkyl carbamates (subject to hydrolysis) is 1. The van der Waals surface area contributed by atoms with E-state index in [4.69, 9.17) is 9.47 Å². The predicted molar refractivity (Wildman–Crippen MR) is 140 cm³/mol. The van der Waals surface area contributed by atoms with Crippen molar-refractivity contribution in [3.8, 4) is 0 Å². The number of hydrogen-bond donors (Lipinski definition) is 3. The third-order valence-electron chi connectivity index (χ3n) is 5.34. The number of ether oxygens (including phenoxy) is 2. The van der Waals surface area contributed by atoms with Crippen molar-refractivity contribution in [3.05, 3.63) is 35.4 Å². The Hall–Kier alpha value is -3.14. The molecule has 37 heavy (non-hydrogen) atoms. The van der Waals surface area contributed by atoms with Gasteiger partial charge in [-0.1, -0.05) is 49.6 Å². The first kappa shape index (κ1) is 31.9. The molecule has 0 saturated heterocycles.